The molecule has 1 rings (SSSR count). The van der Waals surface area contributed by atoms with E-state index in [2.05, 4.69) is 16.4 Å². The molecule has 0 aromatic rings. The Morgan fingerprint density at radius 3 is 2.71 bits per heavy atom. The minimum absolute atomic E-state index is 0.693. The molecule has 0 bridgehead atoms. The first kappa shape index (κ1) is 4.55. The topological polar surface area (TPSA) is 36.1 Å². The van der Waals surface area contributed by atoms with Crippen LogP contribution in [-0.4, -0.2) is 4.99 Å². The SMILES string of the molecule is S=C1C=CNNN1. The van der Waals surface area contributed by atoms with Gasteiger partial charge in [0, 0.05) is 6.20 Å². The van der Waals surface area contributed by atoms with Crippen molar-refractivity contribution in [2.45, 2.75) is 0 Å². The number of thiocarbonyl (C=S) groups is 1. The number of rotatable bonds is 0. The zero-order valence-electron chi connectivity index (χ0n) is 3.56. The molecule has 1 aliphatic heterocycles. The Morgan fingerprint density at radius 2 is 2.43 bits per heavy atom. The molecule has 0 saturated heterocycles. The molecule has 0 amide bonds. The summed E-state index contributed by atoms with van der Waals surface area (Å²) >= 11 is 4.71. The molecule has 3 nitrogen and oxygen atoms in total. The highest BCUT2D eigenvalue weighted by Gasteiger charge is 1.88. The molecule has 1 heterocycles. The number of hydrogen-bond donors (Lipinski definition) is 3. The molecule has 3 N–H and O–H groups in total. The van der Waals surface area contributed by atoms with Gasteiger partial charge in [0.15, 0.2) is 0 Å². The summed E-state index contributed by atoms with van der Waals surface area (Å²) < 4.78 is 0. The van der Waals surface area contributed by atoms with E-state index in [1.54, 1.807) is 12.3 Å². The van der Waals surface area contributed by atoms with Crippen LogP contribution in [0.2, 0.25) is 0 Å². The van der Waals surface area contributed by atoms with Crippen molar-refractivity contribution in [1.82, 2.24) is 16.4 Å². The van der Waals surface area contributed by atoms with Gasteiger partial charge in [-0.2, -0.15) is 0 Å². The average Bonchev–Trinajstić information content (AvgIpc) is 1.69. The maximum absolute atomic E-state index is 4.71. The molecule has 0 saturated carbocycles. The molecule has 0 spiro atoms. The van der Waals surface area contributed by atoms with E-state index in [4.69, 9.17) is 12.2 Å². The summed E-state index contributed by atoms with van der Waals surface area (Å²) in [5.74, 6) is 0. The highest BCUT2D eigenvalue weighted by Crippen LogP contribution is 1.74. The van der Waals surface area contributed by atoms with Gasteiger partial charge in [0.2, 0.25) is 0 Å². The summed E-state index contributed by atoms with van der Waals surface area (Å²) in [7, 11) is 0. The van der Waals surface area contributed by atoms with Crippen molar-refractivity contribution >= 4 is 17.2 Å². The van der Waals surface area contributed by atoms with Crippen LogP contribution in [0.1, 0.15) is 0 Å². The summed E-state index contributed by atoms with van der Waals surface area (Å²) in [5.41, 5.74) is 7.96. The number of hydrogen-bond acceptors (Lipinski definition) is 3. The van der Waals surface area contributed by atoms with Gasteiger partial charge in [0.25, 0.3) is 0 Å². The summed E-state index contributed by atoms with van der Waals surface area (Å²) in [4.78, 5) is 0.693. The molecule has 38 valence electrons. The fourth-order valence-electron chi connectivity index (χ4n) is 0.298. The van der Waals surface area contributed by atoms with E-state index >= 15 is 0 Å². The normalized spacial score (nSPS) is 18.0. The first-order chi connectivity index (χ1) is 3.39. The van der Waals surface area contributed by atoms with Crippen molar-refractivity contribution in [2.24, 2.45) is 0 Å². The molecular formula is C3H5N3S. The molecule has 7 heavy (non-hydrogen) atoms. The Labute approximate surface area is 46.7 Å². The molecule has 4 heteroatoms. The van der Waals surface area contributed by atoms with E-state index in [1.165, 1.54) is 0 Å². The van der Waals surface area contributed by atoms with Gasteiger partial charge in [-0.1, -0.05) is 12.2 Å². The van der Waals surface area contributed by atoms with Crippen LogP contribution in [0.5, 0.6) is 0 Å². The Bertz CT molecular complexity index is 109. The fourth-order valence-corrected chi connectivity index (χ4v) is 0.417. The first-order valence-electron chi connectivity index (χ1n) is 1.86. The minimum atomic E-state index is 0.693. The highest BCUT2D eigenvalue weighted by atomic mass is 32.1. The lowest BCUT2D eigenvalue weighted by Crippen LogP contribution is -2.45. The third-order valence-electron chi connectivity index (χ3n) is 0.576. The van der Waals surface area contributed by atoms with Crippen LogP contribution in [0, 0.1) is 0 Å². The van der Waals surface area contributed by atoms with E-state index < -0.39 is 0 Å². The molecule has 0 atom stereocenters. The monoisotopic (exact) mass is 115 g/mol. The number of nitrogens with one attached hydrogen (secondary N) is 3. The molecule has 0 aromatic heterocycles. The van der Waals surface area contributed by atoms with Gasteiger partial charge >= 0.3 is 0 Å². The van der Waals surface area contributed by atoms with Crippen molar-refractivity contribution in [3.8, 4) is 0 Å². The van der Waals surface area contributed by atoms with Gasteiger partial charge in [-0.15, -0.1) is 5.53 Å². The van der Waals surface area contributed by atoms with Gasteiger partial charge in [-0.25, -0.2) is 0 Å². The van der Waals surface area contributed by atoms with E-state index in [0.29, 0.717) is 4.99 Å². The van der Waals surface area contributed by atoms with E-state index in [9.17, 15) is 0 Å². The zero-order chi connectivity index (χ0) is 5.11. The van der Waals surface area contributed by atoms with Crippen molar-refractivity contribution in [1.29, 1.82) is 0 Å². The number of hydrazine groups is 2. The van der Waals surface area contributed by atoms with Crippen molar-refractivity contribution in [3.63, 3.8) is 0 Å². The van der Waals surface area contributed by atoms with Gasteiger partial charge < -0.3 is 5.43 Å². The Kier molecular flexibility index (Phi) is 1.24. The van der Waals surface area contributed by atoms with Crippen LogP contribution >= 0.6 is 12.2 Å². The summed E-state index contributed by atoms with van der Waals surface area (Å²) in [6.07, 6.45) is 3.48. The Balaban J connectivity index is 2.51. The molecule has 0 aliphatic carbocycles. The molecular weight excluding hydrogens is 110 g/mol. The van der Waals surface area contributed by atoms with Crippen LogP contribution in [0.3, 0.4) is 0 Å². The third kappa shape index (κ3) is 1.13. The molecule has 0 unspecified atom stereocenters. The molecule has 0 radical (unpaired) electrons. The Morgan fingerprint density at radius 1 is 1.57 bits per heavy atom. The second kappa shape index (κ2) is 1.90. The van der Waals surface area contributed by atoms with Gasteiger partial charge in [0.1, 0.15) is 4.99 Å². The summed E-state index contributed by atoms with van der Waals surface area (Å²) in [6.45, 7) is 0. The lowest BCUT2D eigenvalue weighted by Gasteiger charge is -2.09. The second-order valence-electron chi connectivity index (χ2n) is 1.09. The van der Waals surface area contributed by atoms with E-state index in [-0.39, 0.29) is 0 Å². The van der Waals surface area contributed by atoms with Gasteiger partial charge in [-0.3, -0.25) is 5.43 Å². The predicted octanol–water partition coefficient (Wildman–Crippen LogP) is -0.560. The highest BCUT2D eigenvalue weighted by molar-refractivity contribution is 7.80. The van der Waals surface area contributed by atoms with Crippen LogP contribution in [0.4, 0.5) is 0 Å². The Hall–Kier alpha value is -0.610. The van der Waals surface area contributed by atoms with Crippen LogP contribution in [0.25, 0.3) is 0 Å². The van der Waals surface area contributed by atoms with Crippen LogP contribution in [-0.2, 0) is 0 Å². The molecule has 0 aromatic carbocycles. The van der Waals surface area contributed by atoms with Crippen molar-refractivity contribution in [3.05, 3.63) is 12.3 Å². The van der Waals surface area contributed by atoms with E-state index in [0.717, 1.165) is 0 Å². The maximum Gasteiger partial charge on any atom is 0.116 e. The first-order valence-corrected chi connectivity index (χ1v) is 2.27. The van der Waals surface area contributed by atoms with Crippen LogP contribution in [0.15, 0.2) is 12.3 Å². The van der Waals surface area contributed by atoms with Crippen LogP contribution < -0.4 is 16.4 Å². The summed E-state index contributed by atoms with van der Waals surface area (Å²) in [6, 6.07) is 0. The zero-order valence-corrected chi connectivity index (χ0v) is 4.38. The quantitative estimate of drug-likeness (QED) is 0.370. The molecule has 0 fully saturated rings. The van der Waals surface area contributed by atoms with Gasteiger partial charge in [-0.05, 0) is 6.08 Å². The summed E-state index contributed by atoms with van der Waals surface area (Å²) in [5, 5.41) is 0. The predicted molar refractivity (Wildman–Crippen MR) is 31.1 cm³/mol. The lowest BCUT2D eigenvalue weighted by atomic mass is 10.6. The largest absolute Gasteiger partial charge is 0.311 e. The van der Waals surface area contributed by atoms with Crippen molar-refractivity contribution in [2.75, 3.05) is 0 Å². The van der Waals surface area contributed by atoms with Crippen molar-refractivity contribution < 1.29 is 0 Å². The second-order valence-corrected chi connectivity index (χ2v) is 1.53. The average molecular weight is 115 g/mol. The van der Waals surface area contributed by atoms with Gasteiger partial charge in [0.05, 0.1) is 0 Å². The lowest BCUT2D eigenvalue weighted by molar-refractivity contribution is 0.584. The third-order valence-corrected chi connectivity index (χ3v) is 0.814. The smallest absolute Gasteiger partial charge is 0.116 e. The maximum atomic E-state index is 4.71. The van der Waals surface area contributed by atoms with E-state index in [1.807, 2.05) is 0 Å². The minimum Gasteiger partial charge on any atom is -0.311 e. The fraction of sp³-hybridized carbons (Fsp3) is 0. The molecule has 1 aliphatic rings. The standard InChI is InChI=1S/C3H5N3S/c7-3-1-2-4-6-5-3/h1-2,4,6H,(H,5,7).